The predicted octanol–water partition coefficient (Wildman–Crippen LogP) is 8.00. The van der Waals surface area contributed by atoms with Crippen molar-refractivity contribution in [2.24, 2.45) is 0 Å². The third-order valence-electron chi connectivity index (χ3n) is 10.1. The number of aromatic nitrogens is 1. The molecule has 2 aliphatic rings. The van der Waals surface area contributed by atoms with Crippen molar-refractivity contribution in [3.8, 4) is 16.9 Å². The minimum absolute atomic E-state index is 0.0455. The van der Waals surface area contributed by atoms with Crippen LogP contribution in [0.1, 0.15) is 68.7 Å². The van der Waals surface area contributed by atoms with E-state index in [1.54, 1.807) is 30.3 Å². The van der Waals surface area contributed by atoms with Gasteiger partial charge in [-0.2, -0.15) is 13.2 Å². The average molecular weight is 699 g/mol. The Morgan fingerprint density at radius 2 is 1.65 bits per heavy atom. The van der Waals surface area contributed by atoms with E-state index in [4.69, 9.17) is 4.74 Å². The molecule has 51 heavy (non-hydrogen) atoms. The number of hydrogen-bond acceptors (Lipinski definition) is 6. The minimum Gasteiger partial charge on any atom is -0.496 e. The van der Waals surface area contributed by atoms with Crippen LogP contribution >= 0.6 is 0 Å². The first-order chi connectivity index (χ1) is 24.4. The van der Waals surface area contributed by atoms with E-state index >= 15 is 0 Å². The number of ether oxygens (including phenoxy) is 1. The molecule has 10 heteroatoms. The van der Waals surface area contributed by atoms with Crippen molar-refractivity contribution in [3.63, 3.8) is 0 Å². The first-order valence-corrected chi connectivity index (χ1v) is 17.4. The Labute approximate surface area is 298 Å². The van der Waals surface area contributed by atoms with Gasteiger partial charge in [-0.25, -0.2) is 0 Å². The maximum absolute atomic E-state index is 14.4. The lowest BCUT2D eigenvalue weighted by Crippen LogP contribution is -2.28. The highest BCUT2D eigenvalue weighted by Gasteiger charge is 2.34. The number of rotatable bonds is 10. The summed E-state index contributed by atoms with van der Waals surface area (Å²) < 4.78 is 48.6. The van der Waals surface area contributed by atoms with Gasteiger partial charge in [0.1, 0.15) is 11.4 Å². The van der Waals surface area contributed by atoms with Crippen LogP contribution in [0, 0.1) is 13.8 Å². The molecule has 0 radical (unpaired) electrons. The summed E-state index contributed by atoms with van der Waals surface area (Å²) >= 11 is 0. The zero-order valence-electron chi connectivity index (χ0n) is 29.6. The summed E-state index contributed by atoms with van der Waals surface area (Å²) in [7, 11) is 3.22. The van der Waals surface area contributed by atoms with E-state index in [0.29, 0.717) is 36.6 Å². The number of aliphatic hydroxyl groups excluding tert-OH is 1. The van der Waals surface area contributed by atoms with Crippen LogP contribution in [0.2, 0.25) is 0 Å². The Morgan fingerprint density at radius 1 is 0.941 bits per heavy atom. The number of aliphatic hydroxyl groups is 1. The topological polar surface area (TPSA) is 69.1 Å². The van der Waals surface area contributed by atoms with E-state index in [1.165, 1.54) is 25.3 Å². The van der Waals surface area contributed by atoms with Crippen LogP contribution < -0.4 is 9.64 Å². The van der Waals surface area contributed by atoms with Gasteiger partial charge in [-0.05, 0) is 109 Å². The zero-order valence-corrected chi connectivity index (χ0v) is 29.6. The van der Waals surface area contributed by atoms with Crippen molar-refractivity contribution >= 4 is 23.7 Å². The number of nitrogens with zero attached hydrogens (tertiary/aromatic N) is 4. The number of β-amino-alcohol motifs (C(OH)–C–C–N with tert-alkyl or cyclic N) is 1. The second-order valence-electron chi connectivity index (χ2n) is 13.6. The molecule has 2 aliphatic heterocycles. The van der Waals surface area contributed by atoms with Gasteiger partial charge >= 0.3 is 6.18 Å². The lowest BCUT2D eigenvalue weighted by Gasteiger charge is -2.22. The number of hydrogen-bond donors (Lipinski definition) is 1. The van der Waals surface area contributed by atoms with Crippen molar-refractivity contribution in [2.45, 2.75) is 58.5 Å². The lowest BCUT2D eigenvalue weighted by atomic mass is 9.92. The highest BCUT2D eigenvalue weighted by atomic mass is 19.4. The van der Waals surface area contributed by atoms with E-state index in [9.17, 15) is 23.1 Å². The molecule has 1 atom stereocenters. The molecule has 2 saturated heterocycles. The Kier molecular flexibility index (Phi) is 10.9. The van der Waals surface area contributed by atoms with Crippen LogP contribution in [0.25, 0.3) is 23.3 Å². The van der Waals surface area contributed by atoms with Gasteiger partial charge in [-0.1, -0.05) is 48.6 Å². The largest absolute Gasteiger partial charge is 0.496 e. The van der Waals surface area contributed by atoms with Gasteiger partial charge in [0, 0.05) is 50.7 Å². The normalized spacial score (nSPS) is 17.1. The van der Waals surface area contributed by atoms with Crippen LogP contribution in [0.3, 0.4) is 0 Å². The Morgan fingerprint density at radius 3 is 2.29 bits per heavy atom. The van der Waals surface area contributed by atoms with Crippen LogP contribution in [0.4, 0.5) is 18.9 Å². The van der Waals surface area contributed by atoms with E-state index < -0.39 is 11.7 Å². The second kappa shape index (κ2) is 15.4. The van der Waals surface area contributed by atoms with Gasteiger partial charge in [-0.15, -0.1) is 0 Å². The zero-order chi connectivity index (χ0) is 36.3. The molecular weight excluding hydrogens is 653 g/mol. The van der Waals surface area contributed by atoms with E-state index in [1.807, 2.05) is 56.3 Å². The molecule has 0 spiro atoms. The molecule has 0 unspecified atom stereocenters. The summed E-state index contributed by atoms with van der Waals surface area (Å²) in [5.41, 5.74) is 6.33. The fourth-order valence-electron chi connectivity index (χ4n) is 7.24. The quantitative estimate of drug-likeness (QED) is 0.169. The number of anilines is 1. The molecule has 0 aliphatic carbocycles. The van der Waals surface area contributed by atoms with Gasteiger partial charge in [0.2, 0.25) is 0 Å². The number of halogens is 3. The lowest BCUT2D eigenvalue weighted by molar-refractivity contribution is -0.137. The number of pyridine rings is 1. The van der Waals surface area contributed by atoms with E-state index in [0.717, 1.165) is 78.0 Å². The molecule has 6 rings (SSSR count). The standard InChI is InChI=1S/C41H45F3N4O3/c1-27-30(14-15-31-22-39(51-4)32(21-36(31)41(42,43)44)25-47-18-5-6-19-47)9-7-10-34(27)35-11-8-12-38(28(35)2)46(3)40(50)37-16-13-29(23-45-37)24-48-20-17-33(49)26-48/h7-16,21-23,33,49H,5-6,17-20,24-26H2,1-4H3/b15-14+/t33-/m1/s1. The molecule has 2 fully saturated rings. The maximum atomic E-state index is 14.4. The summed E-state index contributed by atoms with van der Waals surface area (Å²) in [5.74, 6) is 0.203. The number of methoxy groups -OCH3 is 1. The smallest absolute Gasteiger partial charge is 0.417 e. The van der Waals surface area contributed by atoms with Gasteiger partial charge < -0.3 is 14.7 Å². The molecule has 0 saturated carbocycles. The summed E-state index contributed by atoms with van der Waals surface area (Å²) in [5, 5.41) is 9.82. The van der Waals surface area contributed by atoms with E-state index in [-0.39, 0.29) is 17.6 Å². The molecule has 7 nitrogen and oxygen atoms in total. The second-order valence-corrected chi connectivity index (χ2v) is 13.6. The predicted molar refractivity (Wildman–Crippen MR) is 196 cm³/mol. The summed E-state index contributed by atoms with van der Waals surface area (Å²) in [6.07, 6.45) is 2.99. The number of benzene rings is 3. The molecule has 268 valence electrons. The van der Waals surface area contributed by atoms with Gasteiger partial charge in [-0.3, -0.25) is 19.6 Å². The van der Waals surface area contributed by atoms with Crippen LogP contribution in [-0.4, -0.2) is 72.2 Å². The summed E-state index contributed by atoms with van der Waals surface area (Å²) in [4.78, 5) is 23.9. The van der Waals surface area contributed by atoms with Gasteiger partial charge in [0.15, 0.2) is 0 Å². The molecule has 1 N–H and O–H groups in total. The highest BCUT2D eigenvalue weighted by molar-refractivity contribution is 6.05. The first-order valence-electron chi connectivity index (χ1n) is 17.4. The van der Waals surface area contributed by atoms with Crippen molar-refractivity contribution in [1.82, 2.24) is 14.8 Å². The van der Waals surface area contributed by atoms with Crippen molar-refractivity contribution in [3.05, 3.63) is 111 Å². The number of amides is 1. The first kappa shape index (κ1) is 36.3. The number of likely N-dealkylation sites (tertiary alicyclic amines) is 2. The summed E-state index contributed by atoms with van der Waals surface area (Å²) in [6, 6.07) is 17.9. The minimum atomic E-state index is -4.53. The van der Waals surface area contributed by atoms with E-state index in [2.05, 4.69) is 14.8 Å². The summed E-state index contributed by atoms with van der Waals surface area (Å²) in [6.45, 7) is 8.22. The number of carbonyl (C=O) groups is 1. The molecule has 0 bridgehead atoms. The average Bonchev–Trinajstić information content (AvgIpc) is 3.79. The van der Waals surface area contributed by atoms with Crippen molar-refractivity contribution in [2.75, 3.05) is 45.2 Å². The van der Waals surface area contributed by atoms with Crippen LogP contribution in [0.5, 0.6) is 5.75 Å². The third kappa shape index (κ3) is 8.19. The molecule has 3 heterocycles. The fraction of sp³-hybridized carbons (Fsp3) is 0.366. The molecular formula is C41H45F3N4O3. The monoisotopic (exact) mass is 698 g/mol. The molecule has 3 aromatic carbocycles. The maximum Gasteiger partial charge on any atom is 0.417 e. The SMILES string of the molecule is COc1cc(/C=C/c2cccc(-c3cccc(N(C)C(=O)c4ccc(CN5CC[C@@H](O)C5)cn4)c3C)c2C)c(C(F)(F)F)cc1CN1CCCC1. The van der Waals surface area contributed by atoms with Crippen molar-refractivity contribution in [1.29, 1.82) is 0 Å². The number of alkyl halides is 3. The van der Waals surface area contributed by atoms with Gasteiger partial charge in [0.25, 0.3) is 5.91 Å². The van der Waals surface area contributed by atoms with Crippen molar-refractivity contribution < 1.29 is 27.8 Å². The molecule has 1 amide bonds. The van der Waals surface area contributed by atoms with Crippen LogP contribution in [0.15, 0.2) is 66.9 Å². The van der Waals surface area contributed by atoms with Crippen LogP contribution in [-0.2, 0) is 19.3 Å². The fourth-order valence-corrected chi connectivity index (χ4v) is 7.24. The Bertz CT molecular complexity index is 1900. The third-order valence-corrected chi connectivity index (χ3v) is 10.1. The Hall–Kier alpha value is -4.51. The van der Waals surface area contributed by atoms with Gasteiger partial charge in [0.05, 0.1) is 18.8 Å². The molecule has 1 aromatic heterocycles. The number of carbonyl (C=O) groups excluding carboxylic acids is 1. The molecule has 4 aromatic rings. The Balaban J connectivity index is 1.24. The highest BCUT2D eigenvalue weighted by Crippen LogP contribution is 2.39.